The number of aliphatic imine (C=N–C) groups is 1. The summed E-state index contributed by atoms with van der Waals surface area (Å²) in [4.78, 5) is 19.2. The first kappa shape index (κ1) is 20.5. The molecule has 2 atom stereocenters. The number of anilines is 1. The zero-order valence-electron chi connectivity index (χ0n) is 16.7. The molecule has 3 fully saturated rings. The smallest absolute Gasteiger partial charge is 0.251 e. The van der Waals surface area contributed by atoms with E-state index in [9.17, 15) is 13.2 Å². The molecule has 1 saturated carbocycles. The maximum absolute atomic E-state index is 12.8. The number of amidine groups is 1. The molecule has 1 aromatic carbocycles. The van der Waals surface area contributed by atoms with Gasteiger partial charge in [0.05, 0.1) is 31.8 Å². The molecule has 0 aromatic heterocycles. The number of sulfone groups is 1. The third-order valence-electron chi connectivity index (χ3n) is 5.87. The van der Waals surface area contributed by atoms with Crippen LogP contribution in [0, 0.1) is 5.92 Å². The highest BCUT2D eigenvalue weighted by Crippen LogP contribution is 2.43. The highest BCUT2D eigenvalue weighted by Gasteiger charge is 2.49. The number of methoxy groups -OCH3 is 2. The van der Waals surface area contributed by atoms with Gasteiger partial charge < -0.3 is 14.4 Å². The summed E-state index contributed by atoms with van der Waals surface area (Å²) in [6.45, 7) is 0. The van der Waals surface area contributed by atoms with Gasteiger partial charge in [0, 0.05) is 22.9 Å². The van der Waals surface area contributed by atoms with E-state index in [1.54, 1.807) is 20.3 Å². The molecule has 0 bridgehead atoms. The molecule has 4 rings (SSSR count). The molecule has 1 aliphatic carbocycles. The second kappa shape index (κ2) is 8.18. The average Bonchev–Trinajstić information content (AvgIpc) is 3.18. The fraction of sp³-hybridized carbons (Fsp3) is 0.600. The van der Waals surface area contributed by atoms with Crippen molar-refractivity contribution in [3.63, 3.8) is 0 Å². The summed E-state index contributed by atoms with van der Waals surface area (Å²) in [7, 11) is 0.0226. The highest BCUT2D eigenvalue weighted by molar-refractivity contribution is 8.16. The number of hydrogen-bond acceptors (Lipinski definition) is 6. The zero-order valence-corrected chi connectivity index (χ0v) is 18.3. The van der Waals surface area contributed by atoms with Crippen molar-refractivity contribution in [3.05, 3.63) is 18.2 Å². The highest BCUT2D eigenvalue weighted by atomic mass is 32.2. The van der Waals surface area contributed by atoms with E-state index in [0.717, 1.165) is 31.4 Å². The largest absolute Gasteiger partial charge is 0.493 e. The first-order chi connectivity index (χ1) is 13.9. The molecule has 29 heavy (non-hydrogen) atoms. The zero-order chi connectivity index (χ0) is 20.6. The van der Waals surface area contributed by atoms with Crippen LogP contribution in [0.3, 0.4) is 0 Å². The lowest BCUT2D eigenvalue weighted by atomic mass is 9.89. The molecule has 1 amide bonds. The van der Waals surface area contributed by atoms with Crippen molar-refractivity contribution in [1.82, 2.24) is 0 Å². The van der Waals surface area contributed by atoms with E-state index in [1.807, 2.05) is 17.0 Å². The molecule has 2 unspecified atom stereocenters. The molecular weight excluding hydrogens is 412 g/mol. The average molecular weight is 439 g/mol. The van der Waals surface area contributed by atoms with E-state index >= 15 is 0 Å². The van der Waals surface area contributed by atoms with Gasteiger partial charge >= 0.3 is 0 Å². The quantitative estimate of drug-likeness (QED) is 0.714. The monoisotopic (exact) mass is 438 g/mol. The second-order valence-electron chi connectivity index (χ2n) is 7.78. The van der Waals surface area contributed by atoms with Gasteiger partial charge in [-0.05, 0) is 25.0 Å². The van der Waals surface area contributed by atoms with Gasteiger partial charge in [0.1, 0.15) is 0 Å². The molecule has 2 heterocycles. The van der Waals surface area contributed by atoms with Crippen LogP contribution in [-0.4, -0.2) is 56.5 Å². The molecule has 2 saturated heterocycles. The number of amides is 1. The number of carbonyl (C=O) groups excluding carboxylic acids is 1. The van der Waals surface area contributed by atoms with Crippen molar-refractivity contribution in [3.8, 4) is 11.5 Å². The predicted octanol–water partition coefficient (Wildman–Crippen LogP) is 2.89. The molecule has 7 nitrogen and oxygen atoms in total. The summed E-state index contributed by atoms with van der Waals surface area (Å²) in [5.41, 5.74) is 0.759. The molecule has 0 spiro atoms. The maximum Gasteiger partial charge on any atom is 0.251 e. The van der Waals surface area contributed by atoms with Gasteiger partial charge in [-0.15, -0.1) is 0 Å². The third-order valence-corrected chi connectivity index (χ3v) is 9.08. The Bertz CT molecular complexity index is 925. The Morgan fingerprint density at radius 1 is 1.10 bits per heavy atom. The van der Waals surface area contributed by atoms with E-state index in [4.69, 9.17) is 9.47 Å². The fourth-order valence-electron chi connectivity index (χ4n) is 4.38. The number of benzene rings is 1. The Labute approximate surface area is 175 Å². The molecular formula is C20H26N2O5S2. The van der Waals surface area contributed by atoms with E-state index in [1.165, 1.54) is 18.2 Å². The van der Waals surface area contributed by atoms with Crippen LogP contribution in [0.1, 0.15) is 32.1 Å². The first-order valence-electron chi connectivity index (χ1n) is 9.93. The lowest BCUT2D eigenvalue weighted by Gasteiger charge is -2.26. The maximum atomic E-state index is 12.8. The van der Waals surface area contributed by atoms with Crippen LogP contribution in [0.25, 0.3) is 0 Å². The van der Waals surface area contributed by atoms with Crippen molar-refractivity contribution in [2.24, 2.45) is 10.9 Å². The Hall–Kier alpha value is -1.74. The van der Waals surface area contributed by atoms with Crippen LogP contribution in [0.4, 0.5) is 5.69 Å². The molecule has 158 valence electrons. The van der Waals surface area contributed by atoms with Gasteiger partial charge in [-0.25, -0.2) is 8.42 Å². The Balaban J connectivity index is 1.69. The molecule has 0 radical (unpaired) electrons. The molecule has 2 aliphatic heterocycles. The minimum atomic E-state index is -3.11. The Morgan fingerprint density at radius 3 is 2.52 bits per heavy atom. The Kier molecular flexibility index (Phi) is 5.79. The summed E-state index contributed by atoms with van der Waals surface area (Å²) < 4.78 is 35.2. The van der Waals surface area contributed by atoms with Crippen LogP contribution in [0.5, 0.6) is 11.5 Å². The van der Waals surface area contributed by atoms with E-state index in [0.29, 0.717) is 16.7 Å². The molecule has 0 N–H and O–H groups in total. The van der Waals surface area contributed by atoms with Crippen molar-refractivity contribution in [1.29, 1.82) is 0 Å². The summed E-state index contributed by atoms with van der Waals surface area (Å²) in [5.74, 6) is 1.22. The minimum absolute atomic E-state index is 0.0201. The van der Waals surface area contributed by atoms with Crippen LogP contribution >= 0.6 is 11.8 Å². The molecule has 9 heteroatoms. The lowest BCUT2D eigenvalue weighted by Crippen LogP contribution is -2.38. The normalized spacial score (nSPS) is 27.8. The van der Waals surface area contributed by atoms with Crippen LogP contribution in [-0.2, 0) is 14.6 Å². The molecule has 1 aromatic rings. The number of carbonyl (C=O) groups is 1. The van der Waals surface area contributed by atoms with Gasteiger partial charge in [-0.1, -0.05) is 31.0 Å². The SMILES string of the molecule is COc1ccc(N2C(=NC(=O)C3CCCCC3)SC3CS(=O)(=O)CC32)cc1OC. The van der Waals surface area contributed by atoms with Gasteiger partial charge in [-0.2, -0.15) is 4.99 Å². The van der Waals surface area contributed by atoms with Gasteiger partial charge in [-0.3, -0.25) is 4.79 Å². The number of rotatable bonds is 4. The van der Waals surface area contributed by atoms with Crippen LogP contribution in [0.2, 0.25) is 0 Å². The van der Waals surface area contributed by atoms with E-state index < -0.39 is 9.84 Å². The van der Waals surface area contributed by atoms with Crippen molar-refractivity contribution in [2.75, 3.05) is 30.6 Å². The number of hydrogen-bond donors (Lipinski definition) is 0. The number of fused-ring (bicyclic) bond motifs is 1. The minimum Gasteiger partial charge on any atom is -0.493 e. The standard InChI is InChI=1S/C20H26N2O5S2/c1-26-16-9-8-14(10-17(16)27-2)22-15-11-29(24,25)12-18(15)28-20(22)21-19(23)13-6-4-3-5-7-13/h8-10,13,15,18H,3-7,11-12H2,1-2H3. The van der Waals surface area contributed by atoms with Gasteiger partial charge in [0.15, 0.2) is 26.5 Å². The number of ether oxygens (including phenoxy) is 2. The van der Waals surface area contributed by atoms with Gasteiger partial charge in [0.25, 0.3) is 5.91 Å². The topological polar surface area (TPSA) is 85.3 Å². The lowest BCUT2D eigenvalue weighted by molar-refractivity contribution is -0.122. The number of nitrogens with zero attached hydrogens (tertiary/aromatic N) is 2. The third kappa shape index (κ3) is 4.12. The van der Waals surface area contributed by atoms with Crippen molar-refractivity contribution in [2.45, 2.75) is 43.4 Å². The first-order valence-corrected chi connectivity index (χ1v) is 12.6. The van der Waals surface area contributed by atoms with Crippen LogP contribution < -0.4 is 14.4 Å². The summed E-state index contributed by atoms with van der Waals surface area (Å²) >= 11 is 1.41. The summed E-state index contributed by atoms with van der Waals surface area (Å²) in [6, 6.07) is 5.22. The summed E-state index contributed by atoms with van der Waals surface area (Å²) in [6.07, 6.45) is 5.08. The predicted molar refractivity (Wildman–Crippen MR) is 115 cm³/mol. The van der Waals surface area contributed by atoms with Crippen molar-refractivity contribution < 1.29 is 22.7 Å². The summed E-state index contributed by atoms with van der Waals surface area (Å²) in [5, 5.41) is 0.476. The Morgan fingerprint density at radius 2 is 1.83 bits per heavy atom. The molecule has 3 aliphatic rings. The van der Waals surface area contributed by atoms with Gasteiger partial charge in [0.2, 0.25) is 0 Å². The van der Waals surface area contributed by atoms with Crippen molar-refractivity contribution >= 4 is 38.4 Å². The second-order valence-corrected chi connectivity index (χ2v) is 11.1. The number of thioether (sulfide) groups is 1. The van der Waals surface area contributed by atoms with E-state index in [2.05, 4.69) is 4.99 Å². The fourth-order valence-corrected chi connectivity index (χ4v) is 8.30. The van der Waals surface area contributed by atoms with E-state index in [-0.39, 0.29) is 34.6 Å². The van der Waals surface area contributed by atoms with Crippen LogP contribution in [0.15, 0.2) is 23.2 Å².